The molecule has 3 rings (SSSR count). The van der Waals surface area contributed by atoms with Crippen molar-refractivity contribution in [3.63, 3.8) is 0 Å². The number of ether oxygens (including phenoxy) is 1. The highest BCUT2D eigenvalue weighted by atomic mass is 16.5. The average Bonchev–Trinajstić information content (AvgIpc) is 3.17. The van der Waals surface area contributed by atoms with Crippen LogP contribution in [0.2, 0.25) is 0 Å². The van der Waals surface area contributed by atoms with E-state index in [1.165, 1.54) is 0 Å². The molecule has 0 aromatic carbocycles. The zero-order valence-corrected chi connectivity index (χ0v) is 14.2. The topological polar surface area (TPSA) is 85.4 Å². The second kappa shape index (κ2) is 7.14. The minimum absolute atomic E-state index is 0.00312. The summed E-state index contributed by atoms with van der Waals surface area (Å²) in [5.74, 6) is 0.828. The summed E-state index contributed by atoms with van der Waals surface area (Å²) in [5, 5.41) is 7.24. The molecule has 0 unspecified atom stereocenters. The molecule has 1 N–H and O–H groups in total. The van der Waals surface area contributed by atoms with Crippen LogP contribution in [0.4, 0.5) is 0 Å². The number of carbonyl (C=O) groups is 1. The maximum absolute atomic E-state index is 12.2. The minimum Gasteiger partial charge on any atom is -0.364 e. The maximum Gasteiger partial charge on any atom is 0.249 e. The lowest BCUT2D eigenvalue weighted by Gasteiger charge is -2.40. The highest BCUT2D eigenvalue weighted by Gasteiger charge is 2.38. The molecule has 0 aliphatic carbocycles. The van der Waals surface area contributed by atoms with Gasteiger partial charge in [-0.05, 0) is 13.8 Å². The van der Waals surface area contributed by atoms with E-state index in [1.807, 2.05) is 36.6 Å². The maximum atomic E-state index is 12.2. The van der Waals surface area contributed by atoms with E-state index in [0.717, 1.165) is 17.1 Å². The number of hydrogen-bond acceptors (Lipinski definition) is 6. The fraction of sp³-hybridized carbons (Fsp3) is 0.562. The van der Waals surface area contributed by atoms with Crippen molar-refractivity contribution in [2.24, 2.45) is 7.05 Å². The van der Waals surface area contributed by atoms with Crippen LogP contribution in [0, 0.1) is 6.92 Å². The lowest BCUT2D eigenvalue weighted by atomic mass is 10.1. The summed E-state index contributed by atoms with van der Waals surface area (Å²) in [7, 11) is 1.93. The number of morpholine rings is 1. The molecule has 2 aromatic heterocycles. The van der Waals surface area contributed by atoms with Gasteiger partial charge < -0.3 is 24.0 Å². The molecule has 0 spiro atoms. The van der Waals surface area contributed by atoms with Crippen molar-refractivity contribution in [2.45, 2.75) is 32.5 Å². The van der Waals surface area contributed by atoms with Gasteiger partial charge in [-0.3, -0.25) is 4.79 Å². The van der Waals surface area contributed by atoms with E-state index >= 15 is 0 Å². The van der Waals surface area contributed by atoms with Gasteiger partial charge in [-0.15, -0.1) is 0 Å². The molecule has 1 fully saturated rings. The zero-order valence-electron chi connectivity index (χ0n) is 14.2. The molecule has 130 valence electrons. The fourth-order valence-electron chi connectivity index (χ4n) is 3.05. The molecule has 2 atom stereocenters. The van der Waals surface area contributed by atoms with E-state index in [2.05, 4.69) is 15.5 Å². The van der Waals surface area contributed by atoms with E-state index in [4.69, 9.17) is 9.26 Å². The van der Waals surface area contributed by atoms with Gasteiger partial charge >= 0.3 is 0 Å². The molecule has 24 heavy (non-hydrogen) atoms. The molecule has 2 aromatic rings. The van der Waals surface area contributed by atoms with Gasteiger partial charge in [0.15, 0.2) is 0 Å². The van der Waals surface area contributed by atoms with Crippen molar-refractivity contribution in [1.29, 1.82) is 0 Å². The molecular formula is C16H23N5O3. The first-order chi connectivity index (χ1) is 11.6. The molecule has 8 heteroatoms. The van der Waals surface area contributed by atoms with Gasteiger partial charge in [-0.1, -0.05) is 5.16 Å². The van der Waals surface area contributed by atoms with Crippen molar-refractivity contribution in [3.05, 3.63) is 35.7 Å². The Hall–Kier alpha value is -2.19. The monoisotopic (exact) mass is 333 g/mol. The third-order valence-electron chi connectivity index (χ3n) is 4.40. The van der Waals surface area contributed by atoms with Crippen molar-refractivity contribution < 1.29 is 14.1 Å². The van der Waals surface area contributed by atoms with Gasteiger partial charge in [0.05, 0.1) is 11.8 Å². The molecule has 0 saturated carbocycles. The second-order valence-electron chi connectivity index (χ2n) is 5.93. The van der Waals surface area contributed by atoms with E-state index in [0.29, 0.717) is 19.6 Å². The van der Waals surface area contributed by atoms with Crippen LogP contribution in [0.3, 0.4) is 0 Å². The Bertz CT molecular complexity index is 695. The first-order valence-corrected chi connectivity index (χ1v) is 8.10. The van der Waals surface area contributed by atoms with Crippen LogP contribution in [0.1, 0.15) is 30.0 Å². The van der Waals surface area contributed by atoms with Crippen molar-refractivity contribution in [3.8, 4) is 0 Å². The number of aromatic nitrogens is 3. The van der Waals surface area contributed by atoms with Crippen molar-refractivity contribution >= 4 is 5.91 Å². The first-order valence-electron chi connectivity index (χ1n) is 8.10. The molecule has 1 aliphatic rings. The molecule has 3 heterocycles. The standard InChI is InChI=1S/C16H23N5O3/c1-4-21-14(22)10-23-13(15(21)16-18-5-6-20(16)3)8-17-7-12-9-24-19-11(12)2/h5-6,9,13,15,17H,4,7-8,10H2,1-3H3/t13-,15+/m0/s1. The number of hydrogen-bond donors (Lipinski definition) is 1. The average molecular weight is 333 g/mol. The third-order valence-corrected chi connectivity index (χ3v) is 4.40. The van der Waals surface area contributed by atoms with Gasteiger partial charge in [0.25, 0.3) is 0 Å². The number of rotatable bonds is 6. The Morgan fingerprint density at radius 2 is 2.29 bits per heavy atom. The Morgan fingerprint density at radius 1 is 1.46 bits per heavy atom. The minimum atomic E-state index is -0.202. The Kier molecular flexibility index (Phi) is 4.96. The SMILES string of the molecule is CCN1C(=O)CO[C@@H](CNCc2conc2C)[C@@H]1c1nccn1C. The predicted octanol–water partition coefficient (Wildman–Crippen LogP) is 0.795. The number of likely N-dealkylation sites (N-methyl/N-ethyl adjacent to an activating group) is 1. The van der Waals surface area contributed by atoms with Crippen LogP contribution in [0.5, 0.6) is 0 Å². The summed E-state index contributed by atoms with van der Waals surface area (Å²) in [6.07, 6.45) is 5.10. The van der Waals surface area contributed by atoms with E-state index in [9.17, 15) is 4.79 Å². The van der Waals surface area contributed by atoms with E-state index in [1.54, 1.807) is 12.5 Å². The van der Waals surface area contributed by atoms with Gasteiger partial charge in [-0.2, -0.15) is 0 Å². The fourth-order valence-corrected chi connectivity index (χ4v) is 3.05. The van der Waals surface area contributed by atoms with Crippen LogP contribution in [-0.2, 0) is 23.1 Å². The second-order valence-corrected chi connectivity index (χ2v) is 5.93. The van der Waals surface area contributed by atoms with Crippen LogP contribution in [-0.4, -0.2) is 51.3 Å². The number of nitrogens with zero attached hydrogens (tertiary/aromatic N) is 4. The van der Waals surface area contributed by atoms with Crippen molar-refractivity contribution in [2.75, 3.05) is 19.7 Å². The smallest absolute Gasteiger partial charge is 0.249 e. The van der Waals surface area contributed by atoms with Gasteiger partial charge in [0, 0.05) is 44.6 Å². The molecular weight excluding hydrogens is 310 g/mol. The quantitative estimate of drug-likeness (QED) is 0.841. The van der Waals surface area contributed by atoms with Crippen LogP contribution in [0.25, 0.3) is 0 Å². The van der Waals surface area contributed by atoms with Gasteiger partial charge in [-0.25, -0.2) is 4.98 Å². The highest BCUT2D eigenvalue weighted by Crippen LogP contribution is 2.28. The number of amides is 1. The summed E-state index contributed by atoms with van der Waals surface area (Å²) in [4.78, 5) is 18.5. The predicted molar refractivity (Wildman–Crippen MR) is 86.0 cm³/mol. The largest absolute Gasteiger partial charge is 0.364 e. The molecule has 1 amide bonds. The Morgan fingerprint density at radius 3 is 2.92 bits per heavy atom. The van der Waals surface area contributed by atoms with Crippen LogP contribution < -0.4 is 5.32 Å². The zero-order chi connectivity index (χ0) is 17.1. The summed E-state index contributed by atoms with van der Waals surface area (Å²) in [6.45, 7) is 5.86. The summed E-state index contributed by atoms with van der Waals surface area (Å²) < 4.78 is 12.7. The Labute approximate surface area is 140 Å². The van der Waals surface area contributed by atoms with Crippen LogP contribution in [0.15, 0.2) is 23.2 Å². The summed E-state index contributed by atoms with van der Waals surface area (Å²) in [6, 6.07) is -0.202. The lowest BCUT2D eigenvalue weighted by molar-refractivity contribution is -0.157. The van der Waals surface area contributed by atoms with Crippen LogP contribution >= 0.6 is 0 Å². The summed E-state index contributed by atoms with van der Waals surface area (Å²) >= 11 is 0. The van der Waals surface area contributed by atoms with Gasteiger partial charge in [0.1, 0.15) is 24.7 Å². The molecule has 0 bridgehead atoms. The molecule has 8 nitrogen and oxygen atoms in total. The van der Waals surface area contributed by atoms with Gasteiger partial charge in [0.2, 0.25) is 5.91 Å². The number of imidazole rings is 1. The van der Waals surface area contributed by atoms with E-state index < -0.39 is 0 Å². The lowest BCUT2D eigenvalue weighted by Crippen LogP contribution is -2.52. The van der Waals surface area contributed by atoms with E-state index in [-0.39, 0.29) is 24.7 Å². The number of aryl methyl sites for hydroxylation is 2. The summed E-state index contributed by atoms with van der Waals surface area (Å²) in [5.41, 5.74) is 1.89. The highest BCUT2D eigenvalue weighted by molar-refractivity contribution is 5.78. The third kappa shape index (κ3) is 3.20. The Balaban J connectivity index is 1.73. The molecule has 0 radical (unpaired) electrons. The normalized spacial score (nSPS) is 21.5. The number of nitrogens with one attached hydrogen (secondary N) is 1. The first kappa shape index (κ1) is 16.7. The number of carbonyl (C=O) groups excluding carboxylic acids is 1. The molecule has 1 aliphatic heterocycles. The van der Waals surface area contributed by atoms with Crippen molar-refractivity contribution in [1.82, 2.24) is 24.9 Å². The molecule has 1 saturated heterocycles.